The molecule has 8 nitrogen and oxygen atoms in total. The third kappa shape index (κ3) is 4.24. The number of carbonyl (C=O) groups excluding carboxylic acids is 3. The Labute approximate surface area is 135 Å². The molecule has 8 heteroatoms. The molecule has 1 aliphatic rings. The number of amides is 1. The summed E-state index contributed by atoms with van der Waals surface area (Å²) in [5, 5.41) is 1.33. The molecule has 1 amide bonds. The van der Waals surface area contributed by atoms with Gasteiger partial charge >= 0.3 is 18.0 Å². The lowest BCUT2D eigenvalue weighted by Crippen LogP contribution is -2.43. The van der Waals surface area contributed by atoms with Gasteiger partial charge in [0.1, 0.15) is 0 Å². The highest BCUT2D eigenvalue weighted by molar-refractivity contribution is 5.96. The fourth-order valence-corrected chi connectivity index (χ4v) is 2.13. The Morgan fingerprint density at radius 2 is 1.43 bits per heavy atom. The van der Waals surface area contributed by atoms with Crippen molar-refractivity contribution in [1.82, 2.24) is 10.4 Å². The number of rotatable bonds is 5. The van der Waals surface area contributed by atoms with Gasteiger partial charge in [-0.15, -0.1) is 0 Å². The van der Waals surface area contributed by atoms with E-state index in [1.54, 1.807) is 27.7 Å². The minimum atomic E-state index is -0.725. The van der Waals surface area contributed by atoms with Crippen molar-refractivity contribution in [2.75, 3.05) is 20.3 Å². The number of carbonyl (C=O) groups is 3. The topological polar surface area (TPSA) is 94.2 Å². The third-order valence-electron chi connectivity index (χ3n) is 3.33. The van der Waals surface area contributed by atoms with Crippen LogP contribution in [0.15, 0.2) is 22.5 Å². The summed E-state index contributed by atoms with van der Waals surface area (Å²) in [6, 6.07) is 0. The Bertz CT molecular complexity index is 524. The summed E-state index contributed by atoms with van der Waals surface area (Å²) in [4.78, 5) is 35.8. The third-order valence-corrected chi connectivity index (χ3v) is 3.33. The number of nitrogens with one attached hydrogen (secondary N) is 1. The van der Waals surface area contributed by atoms with Gasteiger partial charge in [-0.05, 0) is 27.7 Å². The van der Waals surface area contributed by atoms with Crippen LogP contribution in [0, 0.1) is 0 Å². The average Bonchev–Trinajstić information content (AvgIpc) is 2.51. The van der Waals surface area contributed by atoms with Crippen molar-refractivity contribution in [2.45, 2.75) is 34.1 Å². The molecule has 1 aliphatic heterocycles. The number of allylic oxidation sites excluding steroid dienone is 2. The summed E-state index contributed by atoms with van der Waals surface area (Å²) < 4.78 is 14.6. The molecule has 0 saturated heterocycles. The quantitative estimate of drug-likeness (QED) is 0.606. The van der Waals surface area contributed by atoms with Crippen molar-refractivity contribution in [3.05, 3.63) is 22.5 Å². The molecule has 0 aliphatic carbocycles. The van der Waals surface area contributed by atoms with Crippen molar-refractivity contribution in [1.29, 1.82) is 0 Å². The van der Waals surface area contributed by atoms with Crippen molar-refractivity contribution in [3.8, 4) is 0 Å². The zero-order valence-electron chi connectivity index (χ0n) is 14.0. The highest BCUT2D eigenvalue weighted by Crippen LogP contribution is 2.30. The van der Waals surface area contributed by atoms with Crippen molar-refractivity contribution in [3.63, 3.8) is 0 Å². The summed E-state index contributed by atoms with van der Waals surface area (Å²) in [5.41, 5.74) is 3.93. The Kier molecular flexibility index (Phi) is 6.62. The predicted octanol–water partition coefficient (Wildman–Crippen LogP) is 1.64. The lowest BCUT2D eigenvalue weighted by molar-refractivity contribution is -0.139. The molecule has 0 atom stereocenters. The first-order valence-electron chi connectivity index (χ1n) is 7.25. The molecular formula is C15H22N2O6. The maximum Gasteiger partial charge on any atom is 0.426 e. The van der Waals surface area contributed by atoms with E-state index >= 15 is 0 Å². The van der Waals surface area contributed by atoms with E-state index in [9.17, 15) is 14.4 Å². The maximum absolute atomic E-state index is 12.1. The Hall–Kier alpha value is -2.51. The first-order chi connectivity index (χ1) is 10.9. The fourth-order valence-electron chi connectivity index (χ4n) is 2.13. The maximum atomic E-state index is 12.1. The van der Waals surface area contributed by atoms with Gasteiger partial charge in [0, 0.05) is 17.8 Å². The van der Waals surface area contributed by atoms with E-state index in [1.807, 2.05) is 0 Å². The molecule has 0 bridgehead atoms. The molecule has 0 fully saturated rings. The summed E-state index contributed by atoms with van der Waals surface area (Å²) in [5.74, 6) is -1.09. The molecule has 0 radical (unpaired) electrons. The van der Waals surface area contributed by atoms with E-state index in [0.29, 0.717) is 11.4 Å². The summed E-state index contributed by atoms with van der Waals surface area (Å²) in [6.45, 7) is 7.08. The molecule has 0 aromatic carbocycles. The van der Waals surface area contributed by atoms with Crippen LogP contribution in [-0.2, 0) is 23.8 Å². The zero-order chi connectivity index (χ0) is 17.6. The summed E-state index contributed by atoms with van der Waals surface area (Å²) in [7, 11) is 1.22. The van der Waals surface area contributed by atoms with Crippen LogP contribution in [0.4, 0.5) is 4.79 Å². The summed E-state index contributed by atoms with van der Waals surface area (Å²) >= 11 is 0. The molecular weight excluding hydrogens is 304 g/mol. The first-order valence-corrected chi connectivity index (χ1v) is 7.25. The van der Waals surface area contributed by atoms with Gasteiger partial charge in [-0.3, -0.25) is 5.01 Å². The van der Waals surface area contributed by atoms with Crippen LogP contribution in [-0.4, -0.2) is 43.4 Å². The van der Waals surface area contributed by atoms with Crippen molar-refractivity contribution < 1.29 is 28.6 Å². The summed E-state index contributed by atoms with van der Waals surface area (Å²) in [6.07, 6.45) is -0.647. The molecule has 1 N–H and O–H groups in total. The lowest BCUT2D eigenvalue weighted by Gasteiger charge is -2.32. The molecule has 0 aromatic rings. The van der Waals surface area contributed by atoms with Crippen molar-refractivity contribution in [2.24, 2.45) is 0 Å². The molecule has 1 rings (SSSR count). The van der Waals surface area contributed by atoms with Crippen LogP contribution in [0.5, 0.6) is 0 Å². The smallest absolute Gasteiger partial charge is 0.426 e. The molecule has 1 heterocycles. The van der Waals surface area contributed by atoms with Gasteiger partial charge in [-0.1, -0.05) is 0 Å². The Morgan fingerprint density at radius 3 is 1.78 bits per heavy atom. The van der Waals surface area contributed by atoms with Gasteiger partial charge in [0.25, 0.3) is 0 Å². The lowest BCUT2D eigenvalue weighted by atomic mass is 9.97. The molecule has 0 saturated carbocycles. The van der Waals surface area contributed by atoms with E-state index in [-0.39, 0.29) is 30.8 Å². The standard InChI is InChI=1S/C15H22N2O6/c1-6-22-13(18)11-8-12(14(19)23-7-2)10(4)17(9(11)3)16-15(20)21-5/h6-8H2,1-5H3,(H,16,20). The molecule has 0 aromatic heterocycles. The van der Waals surface area contributed by atoms with E-state index in [0.717, 1.165) is 0 Å². The van der Waals surface area contributed by atoms with E-state index in [4.69, 9.17) is 9.47 Å². The highest BCUT2D eigenvalue weighted by Gasteiger charge is 2.32. The predicted molar refractivity (Wildman–Crippen MR) is 80.7 cm³/mol. The Morgan fingerprint density at radius 1 is 1.00 bits per heavy atom. The highest BCUT2D eigenvalue weighted by atomic mass is 16.5. The Balaban J connectivity index is 3.25. The monoisotopic (exact) mass is 326 g/mol. The molecule has 128 valence electrons. The molecule has 23 heavy (non-hydrogen) atoms. The largest absolute Gasteiger partial charge is 0.463 e. The van der Waals surface area contributed by atoms with Crippen LogP contribution in [0.25, 0.3) is 0 Å². The minimum absolute atomic E-state index is 0.0781. The molecule has 0 spiro atoms. The van der Waals surface area contributed by atoms with Crippen LogP contribution in [0.1, 0.15) is 34.1 Å². The number of hydrazine groups is 1. The van der Waals surface area contributed by atoms with Gasteiger partial charge in [0.15, 0.2) is 0 Å². The molecule has 0 unspecified atom stereocenters. The number of hydrogen-bond acceptors (Lipinski definition) is 7. The van der Waals surface area contributed by atoms with Crippen LogP contribution in [0.2, 0.25) is 0 Å². The fraction of sp³-hybridized carbons (Fsp3) is 0.533. The first kappa shape index (κ1) is 18.5. The number of hydrogen-bond donors (Lipinski definition) is 1. The average molecular weight is 326 g/mol. The van der Waals surface area contributed by atoms with E-state index in [2.05, 4.69) is 10.2 Å². The second kappa shape index (κ2) is 8.21. The zero-order valence-corrected chi connectivity index (χ0v) is 14.0. The van der Waals surface area contributed by atoms with Crippen molar-refractivity contribution >= 4 is 18.0 Å². The van der Waals surface area contributed by atoms with Gasteiger partial charge < -0.3 is 14.2 Å². The van der Waals surface area contributed by atoms with Crippen LogP contribution >= 0.6 is 0 Å². The number of nitrogens with zero attached hydrogens (tertiary/aromatic N) is 1. The van der Waals surface area contributed by atoms with E-state index in [1.165, 1.54) is 12.1 Å². The second-order valence-corrected chi connectivity index (χ2v) is 4.68. The van der Waals surface area contributed by atoms with Gasteiger partial charge in [-0.2, -0.15) is 0 Å². The SMILES string of the molecule is CCOC(=O)C1=C(C)N(NC(=O)OC)C(C)=C(C(=O)OCC)C1. The van der Waals surface area contributed by atoms with Gasteiger partial charge in [0.2, 0.25) is 0 Å². The van der Waals surface area contributed by atoms with Gasteiger partial charge in [-0.25, -0.2) is 19.8 Å². The minimum Gasteiger partial charge on any atom is -0.463 e. The number of ether oxygens (including phenoxy) is 3. The number of esters is 2. The van der Waals surface area contributed by atoms with Crippen LogP contribution < -0.4 is 5.43 Å². The van der Waals surface area contributed by atoms with E-state index < -0.39 is 18.0 Å². The van der Waals surface area contributed by atoms with Gasteiger partial charge in [0.05, 0.1) is 31.5 Å². The second-order valence-electron chi connectivity index (χ2n) is 4.68. The normalized spacial score (nSPS) is 14.6. The van der Waals surface area contributed by atoms with Crippen LogP contribution in [0.3, 0.4) is 0 Å². The number of methoxy groups -OCH3 is 1.